The van der Waals surface area contributed by atoms with Gasteiger partial charge >= 0.3 is 0 Å². The van der Waals surface area contributed by atoms with Gasteiger partial charge in [0, 0.05) is 17.0 Å². The van der Waals surface area contributed by atoms with E-state index < -0.39 is 0 Å². The Hall–Kier alpha value is -1.96. The fourth-order valence-electron chi connectivity index (χ4n) is 6.06. The molecule has 194 valence electrons. The smallest absolute Gasteiger partial charge is 0.123 e. The minimum atomic E-state index is -0.150. The maximum Gasteiger partial charge on any atom is 0.123 e. The molecule has 0 atom stereocenters. The first-order valence-electron chi connectivity index (χ1n) is 14.1. The van der Waals surface area contributed by atoms with E-state index in [0.29, 0.717) is 17.4 Å². The summed E-state index contributed by atoms with van der Waals surface area (Å²) in [4.78, 5) is 0. The first kappa shape index (κ1) is 27.6. The van der Waals surface area contributed by atoms with Gasteiger partial charge in [0.25, 0.3) is 0 Å². The average Bonchev–Trinajstić information content (AvgIpc) is 2.77. The van der Waals surface area contributed by atoms with Crippen LogP contribution in [0.3, 0.4) is 0 Å². The first-order valence-corrected chi connectivity index (χ1v) is 14.1. The molecule has 0 aliphatic heterocycles. The van der Waals surface area contributed by atoms with E-state index in [1.165, 1.54) is 30.4 Å². The van der Waals surface area contributed by atoms with E-state index >= 15 is 0 Å². The molecule has 2 heteroatoms. The Balaban J connectivity index is 2.35. The summed E-state index contributed by atoms with van der Waals surface area (Å²) in [6, 6.07) is 8.95. The summed E-state index contributed by atoms with van der Waals surface area (Å²) in [6.45, 7) is 17.6. The molecule has 2 N–H and O–H groups in total. The van der Waals surface area contributed by atoms with Crippen LogP contribution in [0.15, 0.2) is 24.3 Å². The molecule has 0 amide bonds. The topological polar surface area (TPSA) is 40.5 Å². The molecule has 1 aliphatic carbocycles. The van der Waals surface area contributed by atoms with Gasteiger partial charge in [-0.3, -0.25) is 0 Å². The molecular formula is C33H50O2. The van der Waals surface area contributed by atoms with Gasteiger partial charge in [0.15, 0.2) is 0 Å². The summed E-state index contributed by atoms with van der Waals surface area (Å²) < 4.78 is 0. The molecule has 3 rings (SSSR count). The molecule has 2 nitrogen and oxygen atoms in total. The molecule has 0 radical (unpaired) electrons. The highest BCUT2D eigenvalue weighted by Gasteiger charge is 2.35. The number of aryl methyl sites for hydroxylation is 2. The van der Waals surface area contributed by atoms with Crippen molar-refractivity contribution in [2.24, 2.45) is 5.92 Å². The van der Waals surface area contributed by atoms with Crippen LogP contribution in [0, 0.1) is 5.92 Å². The molecule has 1 saturated carbocycles. The second-order valence-electron chi connectivity index (χ2n) is 13.0. The van der Waals surface area contributed by atoms with Crippen molar-refractivity contribution in [1.82, 2.24) is 0 Å². The van der Waals surface area contributed by atoms with Crippen molar-refractivity contribution in [2.75, 3.05) is 0 Å². The Bertz CT molecular complexity index is 924. The van der Waals surface area contributed by atoms with Gasteiger partial charge in [0.05, 0.1) is 0 Å². The summed E-state index contributed by atoms with van der Waals surface area (Å²) in [5.41, 5.74) is 6.40. The lowest BCUT2D eigenvalue weighted by Gasteiger charge is -2.35. The number of aromatic hydroxyl groups is 2. The maximum absolute atomic E-state index is 11.8. The van der Waals surface area contributed by atoms with Crippen molar-refractivity contribution in [1.29, 1.82) is 0 Å². The zero-order valence-corrected chi connectivity index (χ0v) is 23.7. The second-order valence-corrected chi connectivity index (χ2v) is 13.0. The summed E-state index contributed by atoms with van der Waals surface area (Å²) in [5.74, 6) is 1.30. The molecule has 2 aromatic rings. The van der Waals surface area contributed by atoms with Crippen molar-refractivity contribution in [3.8, 4) is 11.5 Å². The molecule has 0 aromatic heterocycles. The first-order chi connectivity index (χ1) is 16.4. The predicted molar refractivity (Wildman–Crippen MR) is 150 cm³/mol. The third-order valence-electron chi connectivity index (χ3n) is 7.88. The number of hydrogen-bond acceptors (Lipinski definition) is 2. The third kappa shape index (κ3) is 6.25. The van der Waals surface area contributed by atoms with Crippen LogP contribution in [0.2, 0.25) is 0 Å². The summed E-state index contributed by atoms with van der Waals surface area (Å²) in [7, 11) is 0. The molecule has 1 aliphatic rings. The Labute approximate surface area is 215 Å². The van der Waals surface area contributed by atoms with Crippen molar-refractivity contribution in [2.45, 2.75) is 130 Å². The van der Waals surface area contributed by atoms with E-state index in [9.17, 15) is 10.2 Å². The van der Waals surface area contributed by atoms with Crippen LogP contribution in [0.1, 0.15) is 140 Å². The summed E-state index contributed by atoms with van der Waals surface area (Å²) in [6.07, 6.45) is 10.2. The van der Waals surface area contributed by atoms with E-state index in [-0.39, 0.29) is 16.7 Å². The monoisotopic (exact) mass is 478 g/mol. The van der Waals surface area contributed by atoms with Crippen molar-refractivity contribution in [3.63, 3.8) is 0 Å². The minimum absolute atomic E-state index is 0.00566. The number of phenols is 2. The van der Waals surface area contributed by atoms with E-state index in [1.807, 2.05) is 0 Å². The zero-order chi connectivity index (χ0) is 26.0. The fourth-order valence-corrected chi connectivity index (χ4v) is 6.06. The van der Waals surface area contributed by atoms with Gasteiger partial charge in [-0.2, -0.15) is 0 Å². The van der Waals surface area contributed by atoms with Crippen molar-refractivity contribution in [3.05, 3.63) is 57.6 Å². The number of benzene rings is 2. The number of hydrogen-bond donors (Lipinski definition) is 2. The van der Waals surface area contributed by atoms with Gasteiger partial charge in [-0.1, -0.05) is 112 Å². The van der Waals surface area contributed by atoms with E-state index in [0.717, 1.165) is 60.8 Å². The van der Waals surface area contributed by atoms with Gasteiger partial charge in [0.1, 0.15) is 11.5 Å². The highest BCUT2D eigenvalue weighted by Crippen LogP contribution is 2.50. The third-order valence-corrected chi connectivity index (χ3v) is 7.88. The lowest BCUT2D eigenvalue weighted by molar-refractivity contribution is 0.314. The normalized spacial score (nSPS) is 15.7. The Kier molecular flexibility index (Phi) is 8.66. The Morgan fingerprint density at radius 1 is 0.686 bits per heavy atom. The van der Waals surface area contributed by atoms with Crippen LogP contribution >= 0.6 is 0 Å². The number of rotatable bonds is 7. The highest BCUT2D eigenvalue weighted by molar-refractivity contribution is 5.56. The van der Waals surface area contributed by atoms with Crippen LogP contribution in [0.25, 0.3) is 0 Å². The fraction of sp³-hybridized carbons (Fsp3) is 0.636. The zero-order valence-electron chi connectivity index (χ0n) is 23.7. The van der Waals surface area contributed by atoms with Crippen molar-refractivity contribution >= 4 is 0 Å². The molecule has 0 bridgehead atoms. The largest absolute Gasteiger partial charge is 0.507 e. The lowest BCUT2D eigenvalue weighted by atomic mass is 9.70. The van der Waals surface area contributed by atoms with Gasteiger partial charge in [-0.05, 0) is 64.7 Å². The summed E-state index contributed by atoms with van der Waals surface area (Å²) in [5, 5.41) is 23.6. The molecule has 0 heterocycles. The second kappa shape index (κ2) is 11.0. The van der Waals surface area contributed by atoms with Crippen LogP contribution < -0.4 is 0 Å². The van der Waals surface area contributed by atoms with Crippen molar-refractivity contribution < 1.29 is 10.2 Å². The van der Waals surface area contributed by atoms with E-state index in [1.54, 1.807) is 0 Å². The van der Waals surface area contributed by atoms with Gasteiger partial charge in [0.2, 0.25) is 0 Å². The van der Waals surface area contributed by atoms with Gasteiger partial charge in [-0.25, -0.2) is 0 Å². The predicted octanol–water partition coefficient (Wildman–Crippen LogP) is 9.31. The molecule has 35 heavy (non-hydrogen) atoms. The number of phenolic OH excluding ortho intramolecular Hbond substituents is 2. The van der Waals surface area contributed by atoms with Crippen LogP contribution in [-0.2, 0) is 23.7 Å². The molecule has 0 saturated heterocycles. The van der Waals surface area contributed by atoms with E-state index in [2.05, 4.69) is 79.7 Å². The average molecular weight is 479 g/mol. The van der Waals surface area contributed by atoms with Crippen LogP contribution in [0.4, 0.5) is 0 Å². The highest BCUT2D eigenvalue weighted by atomic mass is 16.3. The SMILES string of the molecule is CCCc1cc(C(c2cc(CCC)cc(C(C)(C)C)c2O)C2CCCCC2)c(O)c(C(C)(C)C)c1. The molecule has 1 fully saturated rings. The van der Waals surface area contributed by atoms with E-state index in [4.69, 9.17) is 0 Å². The molecule has 0 unspecified atom stereocenters. The maximum atomic E-state index is 11.8. The molecule has 2 aromatic carbocycles. The van der Waals surface area contributed by atoms with Crippen LogP contribution in [0.5, 0.6) is 11.5 Å². The Morgan fingerprint density at radius 2 is 1.09 bits per heavy atom. The standard InChI is InChI=1S/C33H50O2/c1-9-14-22-18-25(30(34)27(20-22)32(3,4)5)29(24-16-12-11-13-17-24)26-19-23(15-10-2)21-28(31(26)35)33(6,7)8/h18-21,24,29,34-35H,9-17H2,1-8H3. The lowest BCUT2D eigenvalue weighted by Crippen LogP contribution is -2.21. The quantitative estimate of drug-likeness (QED) is 0.416. The van der Waals surface area contributed by atoms with Gasteiger partial charge < -0.3 is 10.2 Å². The Morgan fingerprint density at radius 3 is 1.43 bits per heavy atom. The molecular weight excluding hydrogens is 428 g/mol. The van der Waals surface area contributed by atoms with Crippen LogP contribution in [-0.4, -0.2) is 10.2 Å². The molecule has 0 spiro atoms. The summed E-state index contributed by atoms with van der Waals surface area (Å²) >= 11 is 0. The minimum Gasteiger partial charge on any atom is -0.507 e. The van der Waals surface area contributed by atoms with Gasteiger partial charge in [-0.15, -0.1) is 0 Å².